The smallest absolute Gasteiger partial charge is 0.410 e. The lowest BCUT2D eigenvalue weighted by molar-refractivity contribution is 0.0205. The van der Waals surface area contributed by atoms with Crippen LogP contribution in [0.2, 0.25) is 0 Å². The first-order valence-corrected chi connectivity index (χ1v) is 11.3. The molecule has 1 N–H and O–H groups in total. The lowest BCUT2D eigenvalue weighted by Gasteiger charge is -2.33. The zero-order valence-corrected chi connectivity index (χ0v) is 19.8. The largest absolute Gasteiger partial charge is 0.444 e. The molecule has 1 amide bonds. The molecule has 2 aromatic carbocycles. The fourth-order valence-electron chi connectivity index (χ4n) is 4.09. The molecule has 1 fully saturated rings. The van der Waals surface area contributed by atoms with E-state index in [-0.39, 0.29) is 11.8 Å². The Balaban J connectivity index is 1.43. The first-order valence-electron chi connectivity index (χ1n) is 11.3. The molecule has 7 nitrogen and oxygen atoms in total. The van der Waals surface area contributed by atoms with Gasteiger partial charge in [0.15, 0.2) is 0 Å². The van der Waals surface area contributed by atoms with Gasteiger partial charge in [0.25, 0.3) is 0 Å². The summed E-state index contributed by atoms with van der Waals surface area (Å²) in [4.78, 5) is 18.3. The number of ether oxygens (including phenoxy) is 1. The van der Waals surface area contributed by atoms with Crippen LogP contribution in [-0.4, -0.2) is 44.4 Å². The summed E-state index contributed by atoms with van der Waals surface area (Å²) in [5.74, 6) is -0.719. The third kappa shape index (κ3) is 5.89. The van der Waals surface area contributed by atoms with Crippen molar-refractivity contribution in [3.8, 4) is 5.69 Å². The molecule has 34 heavy (non-hydrogen) atoms. The van der Waals surface area contributed by atoms with Gasteiger partial charge in [0, 0.05) is 24.8 Å². The Morgan fingerprint density at radius 1 is 1.06 bits per heavy atom. The molecule has 2 heterocycles. The molecule has 1 aliphatic heterocycles. The Bertz CT molecular complexity index is 1160. The number of rotatable bonds is 4. The molecule has 4 rings (SSSR count). The number of carbonyl (C=O) groups is 1. The summed E-state index contributed by atoms with van der Waals surface area (Å²) in [6.45, 7) is 8.92. The molecule has 1 aliphatic rings. The second-order valence-electron chi connectivity index (χ2n) is 9.64. The van der Waals surface area contributed by atoms with Crippen molar-refractivity contribution >= 4 is 17.7 Å². The lowest BCUT2D eigenvalue weighted by atomic mass is 9.88. The van der Waals surface area contributed by atoms with Crippen LogP contribution < -0.4 is 5.32 Å². The highest BCUT2D eigenvalue weighted by molar-refractivity contribution is 5.68. The normalized spacial score (nSPS) is 14.8. The van der Waals surface area contributed by atoms with E-state index in [1.54, 1.807) is 4.90 Å². The van der Waals surface area contributed by atoms with Crippen molar-refractivity contribution in [2.75, 3.05) is 18.4 Å². The molecule has 1 saturated heterocycles. The quantitative estimate of drug-likeness (QED) is 0.530. The van der Waals surface area contributed by atoms with Gasteiger partial charge in [-0.05, 0) is 81.8 Å². The second kappa shape index (κ2) is 9.40. The highest BCUT2D eigenvalue weighted by Crippen LogP contribution is 2.31. The van der Waals surface area contributed by atoms with E-state index in [0.717, 1.165) is 30.2 Å². The van der Waals surface area contributed by atoms with Gasteiger partial charge in [0.2, 0.25) is 5.95 Å². The molecule has 0 saturated carbocycles. The number of hydrogen-bond donors (Lipinski definition) is 1. The van der Waals surface area contributed by atoms with E-state index < -0.39 is 17.2 Å². The average Bonchev–Trinajstić information content (AvgIpc) is 3.20. The van der Waals surface area contributed by atoms with Crippen LogP contribution in [0.4, 0.5) is 25.2 Å². The summed E-state index contributed by atoms with van der Waals surface area (Å²) in [6, 6.07) is 9.39. The SMILES string of the molecule is Cc1cc(Nc2ncn(-c3cc(F)cc(F)c3)n2)cc(C2CCN(C(=O)OC(C)(C)C)CC2)c1. The number of nitrogens with zero attached hydrogens (tertiary/aromatic N) is 4. The van der Waals surface area contributed by atoms with Gasteiger partial charge >= 0.3 is 6.09 Å². The van der Waals surface area contributed by atoms with E-state index in [4.69, 9.17) is 4.74 Å². The molecule has 0 radical (unpaired) electrons. The van der Waals surface area contributed by atoms with Crippen LogP contribution in [0.1, 0.15) is 50.7 Å². The van der Waals surface area contributed by atoms with Crippen LogP contribution in [0.25, 0.3) is 5.69 Å². The molecular formula is C25H29F2N5O2. The molecular weight excluding hydrogens is 440 g/mol. The number of aromatic nitrogens is 3. The molecule has 0 aliphatic carbocycles. The molecule has 9 heteroatoms. The number of piperidine rings is 1. The van der Waals surface area contributed by atoms with E-state index in [0.29, 0.717) is 25.0 Å². The van der Waals surface area contributed by atoms with Gasteiger partial charge in [0.1, 0.15) is 23.6 Å². The first-order chi connectivity index (χ1) is 16.1. The predicted molar refractivity (Wildman–Crippen MR) is 126 cm³/mol. The number of amides is 1. The Kier molecular flexibility index (Phi) is 6.54. The van der Waals surface area contributed by atoms with Crippen molar-refractivity contribution in [3.63, 3.8) is 0 Å². The van der Waals surface area contributed by atoms with Crippen molar-refractivity contribution in [3.05, 3.63) is 65.5 Å². The number of aryl methyl sites for hydroxylation is 1. The van der Waals surface area contributed by atoms with Gasteiger partial charge in [-0.25, -0.2) is 18.3 Å². The number of anilines is 2. The molecule has 0 spiro atoms. The van der Waals surface area contributed by atoms with Gasteiger partial charge in [-0.3, -0.25) is 0 Å². The van der Waals surface area contributed by atoms with E-state index in [2.05, 4.69) is 27.5 Å². The summed E-state index contributed by atoms with van der Waals surface area (Å²) in [7, 11) is 0. The minimum atomic E-state index is -0.680. The van der Waals surface area contributed by atoms with Crippen molar-refractivity contribution in [2.24, 2.45) is 0 Å². The first kappa shape index (κ1) is 23.7. The minimum Gasteiger partial charge on any atom is -0.444 e. The average molecular weight is 470 g/mol. The molecule has 180 valence electrons. The topological polar surface area (TPSA) is 72.3 Å². The number of nitrogens with one attached hydrogen (secondary N) is 1. The Morgan fingerprint density at radius 2 is 1.74 bits per heavy atom. The number of halogens is 2. The third-order valence-electron chi connectivity index (χ3n) is 5.58. The van der Waals surface area contributed by atoms with E-state index in [1.165, 1.54) is 28.7 Å². The maximum absolute atomic E-state index is 13.5. The highest BCUT2D eigenvalue weighted by Gasteiger charge is 2.27. The lowest BCUT2D eigenvalue weighted by Crippen LogP contribution is -2.41. The number of hydrogen-bond acceptors (Lipinski definition) is 5. The number of likely N-dealkylation sites (tertiary alicyclic amines) is 1. The minimum absolute atomic E-state index is 0.250. The number of carbonyl (C=O) groups excluding carboxylic acids is 1. The van der Waals surface area contributed by atoms with Crippen molar-refractivity contribution in [1.29, 1.82) is 0 Å². The van der Waals surface area contributed by atoms with Crippen LogP contribution in [-0.2, 0) is 4.74 Å². The summed E-state index contributed by atoms with van der Waals surface area (Å²) < 4.78 is 33.9. The Morgan fingerprint density at radius 3 is 2.38 bits per heavy atom. The van der Waals surface area contributed by atoms with Gasteiger partial charge in [-0.1, -0.05) is 6.07 Å². The second-order valence-corrected chi connectivity index (χ2v) is 9.64. The van der Waals surface area contributed by atoms with Crippen LogP contribution in [0.3, 0.4) is 0 Å². The number of benzene rings is 2. The zero-order chi connectivity index (χ0) is 24.5. The van der Waals surface area contributed by atoms with Crippen molar-refractivity contribution in [2.45, 2.75) is 52.1 Å². The molecule has 0 unspecified atom stereocenters. The van der Waals surface area contributed by atoms with E-state index in [9.17, 15) is 13.6 Å². The van der Waals surface area contributed by atoms with Crippen LogP contribution in [0.15, 0.2) is 42.7 Å². The monoisotopic (exact) mass is 469 g/mol. The maximum Gasteiger partial charge on any atom is 0.410 e. The van der Waals surface area contributed by atoms with E-state index >= 15 is 0 Å². The Hall–Kier alpha value is -3.49. The standard InChI is InChI=1S/C25H29F2N5O2/c1-16-9-18(17-5-7-31(8-6-17)24(33)34-25(2,3)4)11-21(10-16)29-23-28-15-32(30-23)22-13-19(26)12-20(27)14-22/h9-15,17H,5-8H2,1-4H3,(H,29,30). The predicted octanol–water partition coefficient (Wildman–Crippen LogP) is 5.71. The summed E-state index contributed by atoms with van der Waals surface area (Å²) in [5, 5.41) is 7.47. The summed E-state index contributed by atoms with van der Waals surface area (Å²) in [5.41, 5.74) is 2.83. The van der Waals surface area contributed by atoms with Crippen LogP contribution >= 0.6 is 0 Å². The van der Waals surface area contributed by atoms with Crippen LogP contribution in [0, 0.1) is 18.6 Å². The molecule has 0 atom stereocenters. The van der Waals surface area contributed by atoms with Crippen molar-refractivity contribution < 1.29 is 18.3 Å². The van der Waals surface area contributed by atoms with Crippen LogP contribution in [0.5, 0.6) is 0 Å². The van der Waals surface area contributed by atoms with Gasteiger partial charge in [-0.2, -0.15) is 4.98 Å². The summed E-state index contributed by atoms with van der Waals surface area (Å²) >= 11 is 0. The fraction of sp³-hybridized carbons (Fsp3) is 0.400. The van der Waals surface area contributed by atoms with Crippen molar-refractivity contribution in [1.82, 2.24) is 19.7 Å². The zero-order valence-electron chi connectivity index (χ0n) is 19.8. The van der Waals surface area contributed by atoms with Gasteiger partial charge < -0.3 is 15.0 Å². The van der Waals surface area contributed by atoms with Gasteiger partial charge in [-0.15, -0.1) is 5.10 Å². The fourth-order valence-corrected chi connectivity index (χ4v) is 4.09. The highest BCUT2D eigenvalue weighted by atomic mass is 19.1. The molecule has 1 aromatic heterocycles. The summed E-state index contributed by atoms with van der Waals surface area (Å²) in [6.07, 6.45) is 2.83. The maximum atomic E-state index is 13.5. The molecule has 3 aromatic rings. The third-order valence-corrected chi connectivity index (χ3v) is 5.58. The van der Waals surface area contributed by atoms with E-state index in [1.807, 2.05) is 33.8 Å². The van der Waals surface area contributed by atoms with Gasteiger partial charge in [0.05, 0.1) is 5.69 Å². The Labute approximate surface area is 197 Å². The molecule has 0 bridgehead atoms.